The van der Waals surface area contributed by atoms with Crippen molar-refractivity contribution < 1.29 is 19.1 Å². The largest absolute Gasteiger partial charge is 0.466 e. The zero-order valence-corrected chi connectivity index (χ0v) is 11.8. The van der Waals surface area contributed by atoms with Crippen LogP contribution in [0.2, 0.25) is 0 Å². The summed E-state index contributed by atoms with van der Waals surface area (Å²) in [6.45, 7) is 7.05. The number of nitrogens with zero attached hydrogens (tertiary/aromatic N) is 1. The Balaban J connectivity index is 2.05. The molecule has 1 fully saturated rings. The molecule has 1 atom stereocenters. The summed E-state index contributed by atoms with van der Waals surface area (Å²) in [7, 11) is 0. The third-order valence-corrected chi connectivity index (χ3v) is 2.91. The highest BCUT2D eigenvalue weighted by Crippen LogP contribution is 2.04. The summed E-state index contributed by atoms with van der Waals surface area (Å²) in [6.07, 6.45) is 1.19. The molecule has 0 aromatic rings. The molecule has 110 valence electrons. The molecule has 1 heterocycles. The highest BCUT2D eigenvalue weighted by molar-refractivity contribution is 5.78. The molecule has 1 saturated heterocycles. The second kappa shape index (κ2) is 8.87. The number of carbonyl (C=O) groups excluding carboxylic acids is 2. The maximum Gasteiger partial charge on any atom is 0.305 e. The number of amides is 1. The highest BCUT2D eigenvalue weighted by Gasteiger charge is 2.20. The van der Waals surface area contributed by atoms with Crippen LogP contribution < -0.4 is 5.32 Å². The van der Waals surface area contributed by atoms with E-state index >= 15 is 0 Å². The van der Waals surface area contributed by atoms with Crippen LogP contribution >= 0.6 is 0 Å². The van der Waals surface area contributed by atoms with Gasteiger partial charge in [0.05, 0.1) is 25.9 Å². The van der Waals surface area contributed by atoms with Crippen molar-refractivity contribution in [3.63, 3.8) is 0 Å². The Bertz CT molecular complexity index is 296. The van der Waals surface area contributed by atoms with Gasteiger partial charge in [0.15, 0.2) is 0 Å². The first-order chi connectivity index (χ1) is 9.13. The SMILES string of the molecule is CCOC(=O)CCCNCC(=O)N1CCOC(C)C1. The average Bonchev–Trinajstić information content (AvgIpc) is 2.38. The lowest BCUT2D eigenvalue weighted by Crippen LogP contribution is -2.47. The zero-order valence-electron chi connectivity index (χ0n) is 11.8. The third-order valence-electron chi connectivity index (χ3n) is 2.91. The number of carbonyl (C=O) groups is 2. The van der Waals surface area contributed by atoms with Gasteiger partial charge in [-0.15, -0.1) is 0 Å². The lowest BCUT2D eigenvalue weighted by atomic mass is 10.3. The normalized spacial score (nSPS) is 19.3. The number of ether oxygens (including phenoxy) is 2. The maximum atomic E-state index is 11.9. The molecule has 1 unspecified atom stereocenters. The zero-order chi connectivity index (χ0) is 14.1. The lowest BCUT2D eigenvalue weighted by molar-refractivity contribution is -0.143. The molecule has 1 rings (SSSR count). The molecule has 1 aliphatic rings. The fourth-order valence-corrected chi connectivity index (χ4v) is 1.94. The van der Waals surface area contributed by atoms with Crippen molar-refractivity contribution in [1.82, 2.24) is 10.2 Å². The van der Waals surface area contributed by atoms with E-state index in [1.165, 1.54) is 0 Å². The first-order valence-corrected chi connectivity index (χ1v) is 6.89. The Labute approximate surface area is 114 Å². The third kappa shape index (κ3) is 6.54. The van der Waals surface area contributed by atoms with E-state index < -0.39 is 0 Å². The Hall–Kier alpha value is -1.14. The molecule has 6 nitrogen and oxygen atoms in total. The molecule has 1 N–H and O–H groups in total. The van der Waals surface area contributed by atoms with Gasteiger partial charge in [0.1, 0.15) is 0 Å². The van der Waals surface area contributed by atoms with Gasteiger partial charge >= 0.3 is 5.97 Å². The van der Waals surface area contributed by atoms with Crippen LogP contribution in [0.4, 0.5) is 0 Å². The second-order valence-electron chi connectivity index (χ2n) is 4.61. The molecular formula is C13H24N2O4. The minimum atomic E-state index is -0.183. The van der Waals surface area contributed by atoms with Crippen LogP contribution in [0.15, 0.2) is 0 Å². The van der Waals surface area contributed by atoms with Gasteiger partial charge in [-0.3, -0.25) is 9.59 Å². The summed E-state index contributed by atoms with van der Waals surface area (Å²) in [5.41, 5.74) is 0. The molecule has 0 aliphatic carbocycles. The average molecular weight is 272 g/mol. The van der Waals surface area contributed by atoms with Crippen LogP contribution in [0.3, 0.4) is 0 Å². The molecule has 0 radical (unpaired) electrons. The van der Waals surface area contributed by atoms with E-state index in [0.29, 0.717) is 52.2 Å². The number of nitrogens with one attached hydrogen (secondary N) is 1. The lowest BCUT2D eigenvalue weighted by Gasteiger charge is -2.31. The number of esters is 1. The Morgan fingerprint density at radius 2 is 2.26 bits per heavy atom. The molecule has 0 aromatic heterocycles. The fourth-order valence-electron chi connectivity index (χ4n) is 1.94. The van der Waals surface area contributed by atoms with Gasteiger partial charge in [-0.05, 0) is 26.8 Å². The standard InChI is InChI=1S/C13H24N2O4/c1-3-18-13(17)5-4-6-14-9-12(16)15-7-8-19-11(2)10-15/h11,14H,3-10H2,1-2H3. The molecule has 0 saturated carbocycles. The van der Waals surface area contributed by atoms with Crippen LogP contribution in [0, 0.1) is 0 Å². The number of hydrogen-bond donors (Lipinski definition) is 1. The van der Waals surface area contributed by atoms with Crippen molar-refractivity contribution in [2.75, 3.05) is 39.4 Å². The van der Waals surface area contributed by atoms with E-state index in [-0.39, 0.29) is 18.0 Å². The van der Waals surface area contributed by atoms with E-state index in [4.69, 9.17) is 9.47 Å². The highest BCUT2D eigenvalue weighted by atomic mass is 16.5. The number of rotatable bonds is 7. The minimum absolute atomic E-state index is 0.0892. The summed E-state index contributed by atoms with van der Waals surface area (Å²) in [5, 5.41) is 3.05. The molecule has 0 spiro atoms. The van der Waals surface area contributed by atoms with Crippen molar-refractivity contribution in [2.24, 2.45) is 0 Å². The van der Waals surface area contributed by atoms with Crippen LogP contribution in [0.1, 0.15) is 26.7 Å². The molecular weight excluding hydrogens is 248 g/mol. The van der Waals surface area contributed by atoms with Gasteiger partial charge < -0.3 is 19.7 Å². The van der Waals surface area contributed by atoms with E-state index in [1.54, 1.807) is 6.92 Å². The molecule has 1 aliphatic heterocycles. The summed E-state index contributed by atoms with van der Waals surface area (Å²) in [5.74, 6) is -0.0936. The monoisotopic (exact) mass is 272 g/mol. The van der Waals surface area contributed by atoms with Crippen molar-refractivity contribution >= 4 is 11.9 Å². The summed E-state index contributed by atoms with van der Waals surface area (Å²) in [4.78, 5) is 24.8. The molecule has 0 aromatic carbocycles. The first-order valence-electron chi connectivity index (χ1n) is 6.89. The molecule has 19 heavy (non-hydrogen) atoms. The van der Waals surface area contributed by atoms with E-state index in [9.17, 15) is 9.59 Å². The van der Waals surface area contributed by atoms with Crippen molar-refractivity contribution in [3.05, 3.63) is 0 Å². The van der Waals surface area contributed by atoms with Gasteiger partial charge in [-0.2, -0.15) is 0 Å². The number of hydrogen-bond acceptors (Lipinski definition) is 5. The summed E-state index contributed by atoms with van der Waals surface area (Å²) < 4.78 is 10.2. The van der Waals surface area contributed by atoms with Crippen molar-refractivity contribution in [1.29, 1.82) is 0 Å². The van der Waals surface area contributed by atoms with Crippen LogP contribution in [-0.4, -0.2) is 62.3 Å². The predicted molar refractivity (Wildman–Crippen MR) is 70.7 cm³/mol. The van der Waals surface area contributed by atoms with E-state index in [0.717, 1.165) is 0 Å². The van der Waals surface area contributed by atoms with E-state index in [1.807, 2.05) is 11.8 Å². The van der Waals surface area contributed by atoms with Gasteiger partial charge in [0, 0.05) is 19.5 Å². The topological polar surface area (TPSA) is 67.9 Å². The molecule has 1 amide bonds. The second-order valence-corrected chi connectivity index (χ2v) is 4.61. The first kappa shape index (κ1) is 15.9. The van der Waals surface area contributed by atoms with Gasteiger partial charge in [0.25, 0.3) is 0 Å². The molecule has 0 bridgehead atoms. The fraction of sp³-hybridized carbons (Fsp3) is 0.846. The van der Waals surface area contributed by atoms with Crippen LogP contribution in [0.25, 0.3) is 0 Å². The number of morpholine rings is 1. The van der Waals surface area contributed by atoms with Gasteiger partial charge in [-0.25, -0.2) is 0 Å². The Kier molecular flexibility index (Phi) is 7.43. The van der Waals surface area contributed by atoms with Gasteiger partial charge in [-0.1, -0.05) is 0 Å². The summed E-state index contributed by atoms with van der Waals surface area (Å²) in [6, 6.07) is 0. The predicted octanol–water partition coefficient (Wildman–Crippen LogP) is 0.167. The van der Waals surface area contributed by atoms with Crippen LogP contribution in [-0.2, 0) is 19.1 Å². The van der Waals surface area contributed by atoms with Crippen molar-refractivity contribution in [2.45, 2.75) is 32.8 Å². The Morgan fingerprint density at radius 3 is 2.95 bits per heavy atom. The van der Waals surface area contributed by atoms with E-state index in [2.05, 4.69) is 5.32 Å². The van der Waals surface area contributed by atoms with Crippen LogP contribution in [0.5, 0.6) is 0 Å². The van der Waals surface area contributed by atoms with Crippen molar-refractivity contribution in [3.8, 4) is 0 Å². The molecule has 6 heteroatoms. The summed E-state index contributed by atoms with van der Waals surface area (Å²) >= 11 is 0. The van der Waals surface area contributed by atoms with Gasteiger partial charge in [0.2, 0.25) is 5.91 Å². The quantitative estimate of drug-likeness (QED) is 0.528. The minimum Gasteiger partial charge on any atom is -0.466 e. The smallest absolute Gasteiger partial charge is 0.305 e. The Morgan fingerprint density at radius 1 is 1.47 bits per heavy atom. The maximum absolute atomic E-state index is 11.9.